The third-order valence-electron chi connectivity index (χ3n) is 2.67. The van der Waals surface area contributed by atoms with Crippen LogP contribution < -0.4 is 5.32 Å². The summed E-state index contributed by atoms with van der Waals surface area (Å²) in [4.78, 5) is 2.20. The summed E-state index contributed by atoms with van der Waals surface area (Å²) in [5.74, 6) is 0. The lowest BCUT2D eigenvalue weighted by molar-refractivity contribution is 0.325. The third kappa shape index (κ3) is 3.77. The van der Waals surface area contributed by atoms with E-state index in [-0.39, 0.29) is 12.4 Å². The molecule has 1 aromatic carbocycles. The van der Waals surface area contributed by atoms with E-state index in [1.165, 1.54) is 0 Å². The van der Waals surface area contributed by atoms with Crippen molar-refractivity contribution in [2.45, 2.75) is 0 Å². The fraction of sp³-hybridized carbons (Fsp3) is 0.308. The second-order valence-corrected chi connectivity index (χ2v) is 3.81. The molecule has 0 saturated carbocycles. The SMILES string of the molecule is Cl.N#C/C(=C\N1CCNCC1)c1ccccc1. The zero-order chi connectivity index (χ0) is 11.2. The molecule has 0 radical (unpaired) electrons. The summed E-state index contributed by atoms with van der Waals surface area (Å²) >= 11 is 0. The van der Waals surface area contributed by atoms with Crippen LogP contribution in [0.1, 0.15) is 5.56 Å². The Labute approximate surface area is 108 Å². The Hall–Kier alpha value is -1.50. The maximum absolute atomic E-state index is 9.15. The first-order chi connectivity index (χ1) is 7.90. The molecule has 1 heterocycles. The Morgan fingerprint density at radius 3 is 2.47 bits per heavy atom. The Balaban J connectivity index is 0.00000144. The van der Waals surface area contributed by atoms with E-state index in [1.54, 1.807) is 0 Å². The molecule has 0 aromatic heterocycles. The molecule has 0 aliphatic carbocycles. The molecule has 1 aliphatic rings. The molecule has 3 nitrogen and oxygen atoms in total. The van der Waals surface area contributed by atoms with Gasteiger partial charge in [0.15, 0.2) is 0 Å². The highest BCUT2D eigenvalue weighted by Gasteiger charge is 2.07. The first kappa shape index (κ1) is 13.6. The van der Waals surface area contributed by atoms with E-state index < -0.39 is 0 Å². The van der Waals surface area contributed by atoms with E-state index in [0.717, 1.165) is 37.3 Å². The summed E-state index contributed by atoms with van der Waals surface area (Å²) in [5.41, 5.74) is 1.73. The van der Waals surface area contributed by atoms with E-state index >= 15 is 0 Å². The quantitative estimate of drug-likeness (QED) is 0.814. The van der Waals surface area contributed by atoms with E-state index in [1.807, 2.05) is 36.5 Å². The number of halogens is 1. The summed E-state index contributed by atoms with van der Waals surface area (Å²) in [6.45, 7) is 3.92. The van der Waals surface area contributed by atoms with Gasteiger partial charge in [0.25, 0.3) is 0 Å². The number of nitrogens with zero attached hydrogens (tertiary/aromatic N) is 2. The molecule has 1 N–H and O–H groups in total. The zero-order valence-corrected chi connectivity index (χ0v) is 10.4. The number of rotatable bonds is 2. The van der Waals surface area contributed by atoms with Gasteiger partial charge in [0.2, 0.25) is 0 Å². The Morgan fingerprint density at radius 1 is 1.24 bits per heavy atom. The minimum absolute atomic E-state index is 0. The minimum Gasteiger partial charge on any atom is -0.374 e. The number of benzene rings is 1. The molecule has 2 rings (SSSR count). The molecule has 4 heteroatoms. The standard InChI is InChI=1S/C13H15N3.ClH/c14-10-13(12-4-2-1-3-5-12)11-16-8-6-15-7-9-16;/h1-5,11,15H,6-9H2;1H/b13-11+;. The van der Waals surface area contributed by atoms with Gasteiger partial charge >= 0.3 is 0 Å². The molecule has 90 valence electrons. The van der Waals surface area contributed by atoms with Crippen molar-refractivity contribution in [2.75, 3.05) is 26.2 Å². The van der Waals surface area contributed by atoms with Crippen LogP contribution in [0.5, 0.6) is 0 Å². The van der Waals surface area contributed by atoms with Crippen LogP contribution in [0.15, 0.2) is 36.5 Å². The molecule has 0 unspecified atom stereocenters. The number of allylic oxidation sites excluding steroid dienone is 1. The van der Waals surface area contributed by atoms with Crippen molar-refractivity contribution >= 4 is 18.0 Å². The van der Waals surface area contributed by atoms with Crippen molar-refractivity contribution < 1.29 is 0 Å². The third-order valence-corrected chi connectivity index (χ3v) is 2.67. The molecule has 0 bridgehead atoms. The minimum atomic E-state index is 0. The lowest BCUT2D eigenvalue weighted by Crippen LogP contribution is -2.40. The van der Waals surface area contributed by atoms with Gasteiger partial charge in [0, 0.05) is 32.4 Å². The number of piperazine rings is 1. The average molecular weight is 250 g/mol. The van der Waals surface area contributed by atoms with Gasteiger partial charge in [-0.2, -0.15) is 5.26 Å². The second kappa shape index (κ2) is 6.95. The molecule has 1 saturated heterocycles. The van der Waals surface area contributed by atoms with Crippen molar-refractivity contribution in [1.82, 2.24) is 10.2 Å². The van der Waals surface area contributed by atoms with Gasteiger partial charge in [0.05, 0.1) is 5.57 Å². The largest absolute Gasteiger partial charge is 0.374 e. The zero-order valence-electron chi connectivity index (χ0n) is 9.60. The van der Waals surface area contributed by atoms with Crippen molar-refractivity contribution in [3.63, 3.8) is 0 Å². The summed E-state index contributed by atoms with van der Waals surface area (Å²) in [6, 6.07) is 12.1. The van der Waals surface area contributed by atoms with Crippen molar-refractivity contribution in [1.29, 1.82) is 5.26 Å². The van der Waals surface area contributed by atoms with Crippen LogP contribution in [0.25, 0.3) is 5.57 Å². The molecular formula is C13H16ClN3. The highest BCUT2D eigenvalue weighted by molar-refractivity contribution is 5.85. The van der Waals surface area contributed by atoms with Gasteiger partial charge in [0.1, 0.15) is 6.07 Å². The Kier molecular flexibility index (Phi) is 5.55. The molecule has 1 fully saturated rings. The number of hydrogen-bond donors (Lipinski definition) is 1. The van der Waals surface area contributed by atoms with Crippen LogP contribution in [0.4, 0.5) is 0 Å². The Bertz CT molecular complexity index is 402. The first-order valence-corrected chi connectivity index (χ1v) is 5.52. The summed E-state index contributed by atoms with van der Waals surface area (Å²) in [6.07, 6.45) is 1.97. The van der Waals surface area contributed by atoms with E-state index in [0.29, 0.717) is 0 Å². The summed E-state index contributed by atoms with van der Waals surface area (Å²) in [7, 11) is 0. The van der Waals surface area contributed by atoms with Crippen molar-refractivity contribution in [3.05, 3.63) is 42.1 Å². The molecule has 1 aromatic rings. The van der Waals surface area contributed by atoms with Crippen molar-refractivity contribution in [2.24, 2.45) is 0 Å². The lowest BCUT2D eigenvalue weighted by Gasteiger charge is -2.26. The molecular weight excluding hydrogens is 234 g/mol. The van der Waals surface area contributed by atoms with Gasteiger partial charge in [-0.15, -0.1) is 12.4 Å². The van der Waals surface area contributed by atoms with Crippen LogP contribution in [-0.2, 0) is 0 Å². The smallest absolute Gasteiger partial charge is 0.101 e. The molecule has 0 spiro atoms. The van der Waals surface area contributed by atoms with Crippen molar-refractivity contribution in [3.8, 4) is 6.07 Å². The Morgan fingerprint density at radius 2 is 1.88 bits per heavy atom. The second-order valence-electron chi connectivity index (χ2n) is 3.81. The van der Waals surface area contributed by atoms with Gasteiger partial charge in [-0.25, -0.2) is 0 Å². The van der Waals surface area contributed by atoms with Crippen LogP contribution in [0.3, 0.4) is 0 Å². The van der Waals surface area contributed by atoms with Crippen LogP contribution in [-0.4, -0.2) is 31.1 Å². The number of hydrogen-bond acceptors (Lipinski definition) is 3. The maximum atomic E-state index is 9.15. The predicted molar refractivity (Wildman–Crippen MR) is 71.7 cm³/mol. The van der Waals surface area contributed by atoms with E-state index in [2.05, 4.69) is 16.3 Å². The first-order valence-electron chi connectivity index (χ1n) is 5.52. The van der Waals surface area contributed by atoms with E-state index in [9.17, 15) is 0 Å². The topological polar surface area (TPSA) is 39.1 Å². The van der Waals surface area contributed by atoms with Crippen LogP contribution in [0.2, 0.25) is 0 Å². The van der Waals surface area contributed by atoms with Gasteiger partial charge in [-0.05, 0) is 5.56 Å². The number of nitrogens with one attached hydrogen (secondary N) is 1. The summed E-state index contributed by atoms with van der Waals surface area (Å²) in [5, 5.41) is 12.4. The molecule has 17 heavy (non-hydrogen) atoms. The normalized spacial score (nSPS) is 15.9. The fourth-order valence-electron chi connectivity index (χ4n) is 1.78. The summed E-state index contributed by atoms with van der Waals surface area (Å²) < 4.78 is 0. The molecule has 0 amide bonds. The number of nitriles is 1. The average Bonchev–Trinajstić information content (AvgIpc) is 2.38. The van der Waals surface area contributed by atoms with Crippen LogP contribution >= 0.6 is 12.4 Å². The molecule has 0 atom stereocenters. The monoisotopic (exact) mass is 249 g/mol. The predicted octanol–water partition coefficient (Wildman–Crippen LogP) is 1.88. The fourth-order valence-corrected chi connectivity index (χ4v) is 1.78. The van der Waals surface area contributed by atoms with E-state index in [4.69, 9.17) is 5.26 Å². The lowest BCUT2D eigenvalue weighted by atomic mass is 10.1. The van der Waals surface area contributed by atoms with Gasteiger partial charge in [-0.1, -0.05) is 30.3 Å². The highest BCUT2D eigenvalue weighted by atomic mass is 35.5. The van der Waals surface area contributed by atoms with Gasteiger partial charge in [-0.3, -0.25) is 0 Å². The highest BCUT2D eigenvalue weighted by Crippen LogP contribution is 2.13. The molecule has 1 aliphatic heterocycles. The van der Waals surface area contributed by atoms with Crippen LogP contribution in [0, 0.1) is 11.3 Å². The van der Waals surface area contributed by atoms with Gasteiger partial charge < -0.3 is 10.2 Å². The maximum Gasteiger partial charge on any atom is 0.101 e.